The van der Waals surface area contributed by atoms with Gasteiger partial charge in [-0.05, 0) is 0 Å². The summed E-state index contributed by atoms with van der Waals surface area (Å²) >= 11 is 0. The largest absolute Gasteiger partial charge is 0.489 e. The molecule has 1 saturated heterocycles. The number of hydrogen-bond acceptors (Lipinski definition) is 5. The molecule has 1 aromatic rings. The molecule has 2 N–H and O–H groups in total. The Morgan fingerprint density at radius 3 is 3.00 bits per heavy atom. The molecule has 0 saturated carbocycles. The number of anilines is 1. The number of aromatic nitrogens is 2. The second kappa shape index (κ2) is 4.86. The fourth-order valence-corrected chi connectivity index (χ4v) is 1.77. The lowest BCUT2D eigenvalue weighted by molar-refractivity contribution is -0.120. The zero-order valence-corrected chi connectivity index (χ0v) is 9.52. The highest BCUT2D eigenvalue weighted by Gasteiger charge is 2.19. The molecule has 0 aliphatic carbocycles. The minimum Gasteiger partial charge on any atom is -0.489 e. The van der Waals surface area contributed by atoms with Gasteiger partial charge in [0.25, 0.3) is 5.56 Å². The number of methoxy groups -OCH3 is 1. The third-order valence-corrected chi connectivity index (χ3v) is 2.61. The van der Waals surface area contributed by atoms with Gasteiger partial charge in [-0.25, -0.2) is 4.98 Å². The van der Waals surface area contributed by atoms with Crippen molar-refractivity contribution < 1.29 is 9.53 Å². The van der Waals surface area contributed by atoms with E-state index in [0.29, 0.717) is 31.9 Å². The summed E-state index contributed by atoms with van der Waals surface area (Å²) in [5, 5.41) is 2.76. The summed E-state index contributed by atoms with van der Waals surface area (Å²) in [6, 6.07) is 0. The Balaban J connectivity index is 2.30. The van der Waals surface area contributed by atoms with Crippen molar-refractivity contribution in [3.05, 3.63) is 16.7 Å². The molecule has 2 rings (SSSR count). The number of aromatic amines is 1. The maximum atomic E-state index is 11.5. The van der Waals surface area contributed by atoms with Crippen LogP contribution in [-0.2, 0) is 4.79 Å². The number of hydrogen-bond donors (Lipinski definition) is 2. The molecule has 7 nitrogen and oxygen atoms in total. The standard InChI is InChI=1S/C10H14N4O3/c1-17-8-9(12-6-13-10(8)16)14-4-2-7(15)11-3-5-14/h6H,2-5H2,1H3,(H,11,15)(H,12,13,16). The molecule has 2 heterocycles. The Kier molecular flexibility index (Phi) is 3.27. The van der Waals surface area contributed by atoms with Crippen LogP contribution in [0.15, 0.2) is 11.1 Å². The highest BCUT2D eigenvalue weighted by atomic mass is 16.5. The molecule has 92 valence electrons. The first-order valence-electron chi connectivity index (χ1n) is 5.35. The lowest BCUT2D eigenvalue weighted by atomic mass is 10.3. The fraction of sp³-hybridized carbons (Fsp3) is 0.500. The molecule has 0 bridgehead atoms. The van der Waals surface area contributed by atoms with Crippen molar-refractivity contribution in [2.45, 2.75) is 6.42 Å². The smallest absolute Gasteiger partial charge is 0.295 e. The molecule has 0 aromatic carbocycles. The number of rotatable bonds is 2. The number of carbonyl (C=O) groups is 1. The lowest BCUT2D eigenvalue weighted by Crippen LogP contribution is -2.30. The highest BCUT2D eigenvalue weighted by Crippen LogP contribution is 2.20. The van der Waals surface area contributed by atoms with E-state index in [0.717, 1.165) is 0 Å². The first kappa shape index (κ1) is 11.4. The third kappa shape index (κ3) is 2.38. The Hall–Kier alpha value is -2.05. The number of nitrogens with one attached hydrogen (secondary N) is 2. The monoisotopic (exact) mass is 238 g/mol. The van der Waals surface area contributed by atoms with Crippen LogP contribution in [0.2, 0.25) is 0 Å². The predicted octanol–water partition coefficient (Wildman–Crippen LogP) is -0.895. The van der Waals surface area contributed by atoms with E-state index in [1.807, 2.05) is 4.90 Å². The maximum Gasteiger partial charge on any atom is 0.295 e. The van der Waals surface area contributed by atoms with E-state index in [4.69, 9.17) is 4.74 Å². The van der Waals surface area contributed by atoms with E-state index in [1.54, 1.807) is 0 Å². The van der Waals surface area contributed by atoms with Gasteiger partial charge in [-0.3, -0.25) is 9.59 Å². The molecular formula is C10H14N4O3. The lowest BCUT2D eigenvalue weighted by Gasteiger charge is -2.21. The molecule has 7 heteroatoms. The van der Waals surface area contributed by atoms with Crippen molar-refractivity contribution in [3.8, 4) is 5.75 Å². The van der Waals surface area contributed by atoms with Crippen LogP contribution in [0.4, 0.5) is 5.82 Å². The van der Waals surface area contributed by atoms with Crippen LogP contribution in [0.3, 0.4) is 0 Å². The third-order valence-electron chi connectivity index (χ3n) is 2.61. The first-order valence-corrected chi connectivity index (χ1v) is 5.35. The molecular weight excluding hydrogens is 224 g/mol. The van der Waals surface area contributed by atoms with E-state index in [1.165, 1.54) is 13.4 Å². The first-order chi connectivity index (χ1) is 8.22. The van der Waals surface area contributed by atoms with E-state index >= 15 is 0 Å². The molecule has 1 amide bonds. The van der Waals surface area contributed by atoms with Gasteiger partial charge in [0.2, 0.25) is 11.7 Å². The highest BCUT2D eigenvalue weighted by molar-refractivity contribution is 5.77. The Morgan fingerprint density at radius 2 is 2.24 bits per heavy atom. The quantitative estimate of drug-likeness (QED) is 0.697. The molecule has 1 fully saturated rings. The SMILES string of the molecule is COc1c(N2CCNC(=O)CC2)nc[nH]c1=O. The molecule has 0 radical (unpaired) electrons. The average Bonchev–Trinajstić information content (AvgIpc) is 2.54. The molecule has 0 unspecified atom stereocenters. The van der Waals surface area contributed by atoms with Crippen molar-refractivity contribution in [2.75, 3.05) is 31.6 Å². The van der Waals surface area contributed by atoms with Crippen LogP contribution < -0.4 is 20.5 Å². The van der Waals surface area contributed by atoms with E-state index in [9.17, 15) is 9.59 Å². The molecule has 0 atom stereocenters. The summed E-state index contributed by atoms with van der Waals surface area (Å²) in [5.41, 5.74) is -0.318. The summed E-state index contributed by atoms with van der Waals surface area (Å²) in [5.74, 6) is 0.672. The van der Waals surface area contributed by atoms with Gasteiger partial charge in [0.15, 0.2) is 5.82 Å². The number of amides is 1. The number of ether oxygens (including phenoxy) is 1. The van der Waals surface area contributed by atoms with Gasteiger partial charge in [0, 0.05) is 26.1 Å². The summed E-state index contributed by atoms with van der Waals surface area (Å²) in [6.45, 7) is 1.67. The van der Waals surface area contributed by atoms with Crippen molar-refractivity contribution in [3.63, 3.8) is 0 Å². The fourth-order valence-electron chi connectivity index (χ4n) is 1.77. The summed E-state index contributed by atoms with van der Waals surface area (Å²) in [6.07, 6.45) is 1.72. The van der Waals surface area contributed by atoms with Crippen molar-refractivity contribution in [1.82, 2.24) is 15.3 Å². The minimum atomic E-state index is -0.318. The second-order valence-electron chi connectivity index (χ2n) is 3.68. The van der Waals surface area contributed by atoms with Gasteiger partial charge < -0.3 is 19.9 Å². The predicted molar refractivity (Wildman–Crippen MR) is 61.2 cm³/mol. The molecule has 1 aliphatic heterocycles. The zero-order valence-electron chi connectivity index (χ0n) is 9.52. The number of carbonyl (C=O) groups excluding carboxylic acids is 1. The summed E-state index contributed by atoms with van der Waals surface area (Å²) in [4.78, 5) is 31.2. The number of H-pyrrole nitrogens is 1. The topological polar surface area (TPSA) is 87.3 Å². The van der Waals surface area contributed by atoms with Crippen molar-refractivity contribution in [2.24, 2.45) is 0 Å². The zero-order chi connectivity index (χ0) is 12.3. The summed E-state index contributed by atoms with van der Waals surface area (Å²) < 4.78 is 5.04. The van der Waals surface area contributed by atoms with Gasteiger partial charge in [0.1, 0.15) is 0 Å². The van der Waals surface area contributed by atoms with Crippen LogP contribution in [0.5, 0.6) is 5.75 Å². The normalized spacial score (nSPS) is 16.3. The average molecular weight is 238 g/mol. The van der Waals surface area contributed by atoms with Crippen molar-refractivity contribution >= 4 is 11.7 Å². The Bertz CT molecular complexity index is 471. The summed E-state index contributed by atoms with van der Waals surface area (Å²) in [7, 11) is 1.43. The Morgan fingerprint density at radius 1 is 1.41 bits per heavy atom. The molecule has 1 aliphatic rings. The van der Waals surface area contributed by atoms with Crippen molar-refractivity contribution in [1.29, 1.82) is 0 Å². The van der Waals surface area contributed by atoms with Crippen LogP contribution in [0.25, 0.3) is 0 Å². The molecule has 0 spiro atoms. The molecule has 17 heavy (non-hydrogen) atoms. The van der Waals surface area contributed by atoms with E-state index in [-0.39, 0.29) is 17.2 Å². The molecule has 1 aromatic heterocycles. The maximum absolute atomic E-state index is 11.5. The van der Waals surface area contributed by atoms with Gasteiger partial charge >= 0.3 is 0 Å². The van der Waals surface area contributed by atoms with E-state index < -0.39 is 0 Å². The minimum absolute atomic E-state index is 0.0105. The van der Waals surface area contributed by atoms with Gasteiger partial charge in [0.05, 0.1) is 13.4 Å². The Labute approximate surface area is 97.8 Å². The van der Waals surface area contributed by atoms with Crippen LogP contribution in [0.1, 0.15) is 6.42 Å². The second-order valence-corrected chi connectivity index (χ2v) is 3.68. The van der Waals surface area contributed by atoms with Gasteiger partial charge in [-0.15, -0.1) is 0 Å². The van der Waals surface area contributed by atoms with Crippen LogP contribution >= 0.6 is 0 Å². The van der Waals surface area contributed by atoms with Gasteiger partial charge in [-0.2, -0.15) is 0 Å². The van der Waals surface area contributed by atoms with Gasteiger partial charge in [-0.1, -0.05) is 0 Å². The van der Waals surface area contributed by atoms with E-state index in [2.05, 4.69) is 15.3 Å². The van der Waals surface area contributed by atoms with Crippen LogP contribution in [-0.4, -0.2) is 42.6 Å². The van der Waals surface area contributed by atoms with Crippen LogP contribution in [0, 0.1) is 0 Å². The number of nitrogens with zero attached hydrogens (tertiary/aromatic N) is 2.